The predicted molar refractivity (Wildman–Crippen MR) is 74.6 cm³/mol. The summed E-state index contributed by atoms with van der Waals surface area (Å²) in [4.78, 5) is 11.4. The molecule has 0 bridgehead atoms. The number of esters is 1. The van der Waals surface area contributed by atoms with Gasteiger partial charge in [-0.05, 0) is 43.6 Å². The molecule has 3 nitrogen and oxygen atoms in total. The van der Waals surface area contributed by atoms with E-state index in [1.165, 1.54) is 0 Å². The van der Waals surface area contributed by atoms with E-state index in [2.05, 4.69) is 19.9 Å². The molecular weight excluding hydrogens is 240 g/mol. The minimum atomic E-state index is -0.759. The number of aliphatic hydroxyl groups is 1. The molecule has 2 rings (SSSR count). The molecule has 1 unspecified atom stereocenters. The van der Waals surface area contributed by atoms with E-state index in [9.17, 15) is 9.90 Å². The van der Waals surface area contributed by atoms with Crippen molar-refractivity contribution in [3.8, 4) is 0 Å². The van der Waals surface area contributed by atoms with E-state index in [1.54, 1.807) is 0 Å². The summed E-state index contributed by atoms with van der Waals surface area (Å²) in [6.45, 7) is 6.76. The Kier molecular flexibility index (Phi) is 3.86. The topological polar surface area (TPSA) is 46.5 Å². The predicted octanol–water partition coefficient (Wildman–Crippen LogP) is 3.14. The first-order valence-corrected chi connectivity index (χ1v) is 7.13. The summed E-state index contributed by atoms with van der Waals surface area (Å²) in [6.07, 6.45) is 8.20. The van der Waals surface area contributed by atoms with Crippen LogP contribution in [0.5, 0.6) is 0 Å². The van der Waals surface area contributed by atoms with Crippen LogP contribution >= 0.6 is 0 Å². The monoisotopic (exact) mass is 264 g/mol. The molecule has 1 aliphatic carbocycles. The lowest BCUT2D eigenvalue weighted by Crippen LogP contribution is -2.47. The molecule has 3 heteroatoms. The SMILES string of the molecule is CC1=CCCC(C)(C)C1(O)CC/C=C1\CCOC1=O. The van der Waals surface area contributed by atoms with Crippen LogP contribution in [0.25, 0.3) is 0 Å². The van der Waals surface area contributed by atoms with E-state index >= 15 is 0 Å². The molecule has 0 aromatic rings. The highest BCUT2D eigenvalue weighted by molar-refractivity contribution is 5.90. The molecule has 0 spiro atoms. The Balaban J connectivity index is 2.06. The molecule has 0 aromatic carbocycles. The number of hydrogen-bond acceptors (Lipinski definition) is 3. The normalized spacial score (nSPS) is 32.3. The standard InChI is InChI=1S/C16H24O3/c1-12-6-4-9-15(2,3)16(12,18)10-5-7-13-8-11-19-14(13)17/h6-7,18H,4-5,8-11H2,1-3H3/b13-7+. The average molecular weight is 264 g/mol. The molecule has 19 heavy (non-hydrogen) atoms. The Hall–Kier alpha value is -1.09. The molecule has 2 aliphatic rings. The first-order chi connectivity index (χ1) is 8.87. The van der Waals surface area contributed by atoms with Gasteiger partial charge in [0, 0.05) is 12.0 Å². The van der Waals surface area contributed by atoms with Crippen LogP contribution in [0.15, 0.2) is 23.3 Å². The summed E-state index contributed by atoms with van der Waals surface area (Å²) in [6, 6.07) is 0. The van der Waals surface area contributed by atoms with Gasteiger partial charge in [0.25, 0.3) is 0 Å². The maximum atomic E-state index is 11.4. The quantitative estimate of drug-likeness (QED) is 0.484. The fourth-order valence-electron chi connectivity index (χ4n) is 3.18. The summed E-state index contributed by atoms with van der Waals surface area (Å²) >= 11 is 0. The zero-order valence-corrected chi connectivity index (χ0v) is 12.2. The maximum Gasteiger partial charge on any atom is 0.333 e. The number of rotatable bonds is 3. The van der Waals surface area contributed by atoms with Crippen LogP contribution in [0, 0.1) is 5.41 Å². The summed E-state index contributed by atoms with van der Waals surface area (Å²) in [5.74, 6) is -0.192. The van der Waals surface area contributed by atoms with Gasteiger partial charge in [0.1, 0.15) is 0 Å². The van der Waals surface area contributed by atoms with Gasteiger partial charge in [-0.3, -0.25) is 0 Å². The molecular formula is C16H24O3. The van der Waals surface area contributed by atoms with E-state index < -0.39 is 5.60 Å². The van der Waals surface area contributed by atoms with Crippen LogP contribution in [0.1, 0.15) is 52.9 Å². The first kappa shape index (κ1) is 14.3. The number of hydrogen-bond donors (Lipinski definition) is 1. The molecule has 1 aliphatic heterocycles. The second-order valence-corrected chi connectivity index (χ2v) is 6.32. The van der Waals surface area contributed by atoms with E-state index in [0.29, 0.717) is 19.4 Å². The molecule has 1 atom stereocenters. The van der Waals surface area contributed by atoms with Crippen LogP contribution in [-0.2, 0) is 9.53 Å². The summed E-state index contributed by atoms with van der Waals surface area (Å²) < 4.78 is 4.91. The Morgan fingerprint density at radius 3 is 2.79 bits per heavy atom. The van der Waals surface area contributed by atoms with Gasteiger partial charge in [-0.25, -0.2) is 4.79 Å². The first-order valence-electron chi connectivity index (χ1n) is 7.13. The van der Waals surface area contributed by atoms with Gasteiger partial charge in [-0.15, -0.1) is 0 Å². The third kappa shape index (κ3) is 2.62. The lowest BCUT2D eigenvalue weighted by molar-refractivity contribution is -0.135. The van der Waals surface area contributed by atoms with E-state index in [0.717, 1.165) is 30.4 Å². The summed E-state index contributed by atoms with van der Waals surface area (Å²) in [5, 5.41) is 11.0. The maximum absolute atomic E-state index is 11.4. The van der Waals surface area contributed by atoms with Crippen molar-refractivity contribution in [2.75, 3.05) is 6.61 Å². The van der Waals surface area contributed by atoms with Crippen molar-refractivity contribution in [2.45, 2.75) is 58.5 Å². The highest BCUT2D eigenvalue weighted by atomic mass is 16.5. The van der Waals surface area contributed by atoms with Crippen molar-refractivity contribution in [1.82, 2.24) is 0 Å². The van der Waals surface area contributed by atoms with Crippen molar-refractivity contribution in [3.05, 3.63) is 23.3 Å². The zero-order chi connectivity index (χ0) is 14.1. The number of cyclic esters (lactones) is 1. The fourth-order valence-corrected chi connectivity index (χ4v) is 3.18. The average Bonchev–Trinajstić information content (AvgIpc) is 2.72. The molecule has 1 fully saturated rings. The lowest BCUT2D eigenvalue weighted by Gasteiger charge is -2.46. The molecule has 106 valence electrons. The Morgan fingerprint density at radius 2 is 2.21 bits per heavy atom. The van der Waals surface area contributed by atoms with E-state index in [1.807, 2.05) is 13.0 Å². The second-order valence-electron chi connectivity index (χ2n) is 6.32. The number of allylic oxidation sites excluding steroid dienone is 2. The molecule has 1 N–H and O–H groups in total. The van der Waals surface area contributed by atoms with Crippen molar-refractivity contribution in [3.63, 3.8) is 0 Å². The number of carbonyl (C=O) groups excluding carboxylic acids is 1. The molecule has 1 saturated heterocycles. The van der Waals surface area contributed by atoms with Crippen LogP contribution in [0.2, 0.25) is 0 Å². The Morgan fingerprint density at radius 1 is 1.47 bits per heavy atom. The third-order valence-electron chi connectivity index (χ3n) is 4.76. The number of ether oxygens (including phenoxy) is 1. The largest absolute Gasteiger partial charge is 0.462 e. The van der Waals surface area contributed by atoms with E-state index in [-0.39, 0.29) is 11.4 Å². The van der Waals surface area contributed by atoms with Crippen LogP contribution in [-0.4, -0.2) is 23.3 Å². The van der Waals surface area contributed by atoms with Crippen molar-refractivity contribution < 1.29 is 14.6 Å². The van der Waals surface area contributed by atoms with Gasteiger partial charge >= 0.3 is 5.97 Å². The minimum absolute atomic E-state index is 0.111. The minimum Gasteiger partial charge on any atom is -0.462 e. The second kappa shape index (κ2) is 5.12. The van der Waals surface area contributed by atoms with Gasteiger partial charge < -0.3 is 9.84 Å². The van der Waals surface area contributed by atoms with Gasteiger partial charge in [0.15, 0.2) is 0 Å². The van der Waals surface area contributed by atoms with Gasteiger partial charge in [-0.1, -0.05) is 26.0 Å². The molecule has 0 radical (unpaired) electrons. The smallest absolute Gasteiger partial charge is 0.333 e. The molecule has 0 saturated carbocycles. The zero-order valence-electron chi connectivity index (χ0n) is 12.2. The van der Waals surface area contributed by atoms with Crippen molar-refractivity contribution in [2.24, 2.45) is 5.41 Å². The molecule has 0 aromatic heterocycles. The van der Waals surface area contributed by atoms with Crippen LogP contribution in [0.4, 0.5) is 0 Å². The van der Waals surface area contributed by atoms with Crippen LogP contribution < -0.4 is 0 Å². The Bertz CT molecular complexity index is 431. The molecule has 1 heterocycles. The molecule has 0 amide bonds. The fraction of sp³-hybridized carbons (Fsp3) is 0.688. The van der Waals surface area contributed by atoms with E-state index in [4.69, 9.17) is 4.74 Å². The van der Waals surface area contributed by atoms with Crippen molar-refractivity contribution >= 4 is 5.97 Å². The Labute approximate surface area is 115 Å². The number of carbonyl (C=O) groups is 1. The third-order valence-corrected chi connectivity index (χ3v) is 4.76. The van der Waals surface area contributed by atoms with Gasteiger partial charge in [0.2, 0.25) is 0 Å². The highest BCUT2D eigenvalue weighted by Crippen LogP contribution is 2.46. The van der Waals surface area contributed by atoms with Crippen molar-refractivity contribution in [1.29, 1.82) is 0 Å². The highest BCUT2D eigenvalue weighted by Gasteiger charge is 2.45. The van der Waals surface area contributed by atoms with Gasteiger partial charge in [-0.2, -0.15) is 0 Å². The lowest BCUT2D eigenvalue weighted by atomic mass is 9.63. The van der Waals surface area contributed by atoms with Gasteiger partial charge in [0.05, 0.1) is 12.2 Å². The summed E-state index contributed by atoms with van der Waals surface area (Å²) in [5.41, 5.74) is 0.959. The van der Waals surface area contributed by atoms with Crippen LogP contribution in [0.3, 0.4) is 0 Å². The summed E-state index contributed by atoms with van der Waals surface area (Å²) in [7, 11) is 0.